The zero-order chi connectivity index (χ0) is 21.1. The highest BCUT2D eigenvalue weighted by Gasteiger charge is 2.30. The molecule has 0 unspecified atom stereocenters. The SMILES string of the molecule is Cc1c(C(=O)N2CCCCCC2)oc2c1/C(=N/NC(=O)c1cccc(Cl)c1)CCC2. The van der Waals surface area contributed by atoms with E-state index < -0.39 is 0 Å². The smallest absolute Gasteiger partial charge is 0.289 e. The average Bonchev–Trinajstić information content (AvgIpc) is 2.92. The van der Waals surface area contributed by atoms with Gasteiger partial charge in [-0.3, -0.25) is 9.59 Å². The summed E-state index contributed by atoms with van der Waals surface area (Å²) in [5, 5.41) is 4.88. The van der Waals surface area contributed by atoms with E-state index >= 15 is 0 Å². The van der Waals surface area contributed by atoms with Gasteiger partial charge in [0.15, 0.2) is 5.76 Å². The van der Waals surface area contributed by atoms with E-state index in [1.165, 1.54) is 12.8 Å². The molecule has 0 atom stereocenters. The van der Waals surface area contributed by atoms with Gasteiger partial charge >= 0.3 is 0 Å². The first-order valence-corrected chi connectivity index (χ1v) is 11.0. The van der Waals surface area contributed by atoms with Crippen molar-refractivity contribution in [3.8, 4) is 0 Å². The fourth-order valence-electron chi connectivity index (χ4n) is 4.21. The summed E-state index contributed by atoms with van der Waals surface area (Å²) in [7, 11) is 0. The number of halogens is 1. The van der Waals surface area contributed by atoms with Gasteiger partial charge in [0, 0.05) is 41.2 Å². The van der Waals surface area contributed by atoms with E-state index in [1.54, 1.807) is 24.3 Å². The Morgan fingerprint density at radius 3 is 2.60 bits per heavy atom. The highest BCUT2D eigenvalue weighted by atomic mass is 35.5. The number of fused-ring (bicyclic) bond motifs is 1. The van der Waals surface area contributed by atoms with Crippen LogP contribution in [0.2, 0.25) is 5.02 Å². The normalized spacial score (nSPS) is 18.1. The van der Waals surface area contributed by atoms with E-state index in [1.807, 2.05) is 11.8 Å². The van der Waals surface area contributed by atoms with Crippen molar-refractivity contribution in [1.29, 1.82) is 0 Å². The van der Waals surface area contributed by atoms with Crippen molar-refractivity contribution in [3.05, 3.63) is 57.5 Å². The lowest BCUT2D eigenvalue weighted by Gasteiger charge is -2.19. The standard InChI is InChI=1S/C23H26ClN3O3/c1-15-20-18(25-26-22(28)16-8-6-9-17(24)14-16)10-7-11-19(20)30-21(15)23(29)27-12-4-2-3-5-13-27/h6,8-9,14H,2-5,7,10-13H2,1H3,(H,26,28)/b25-18+. The van der Waals surface area contributed by atoms with Crippen LogP contribution in [0.4, 0.5) is 0 Å². The van der Waals surface area contributed by atoms with E-state index in [0.717, 1.165) is 67.8 Å². The Balaban J connectivity index is 1.57. The number of hydrazone groups is 1. The quantitative estimate of drug-likeness (QED) is 0.719. The molecule has 2 aromatic rings. The Bertz CT molecular complexity index is 988. The Labute approximate surface area is 181 Å². The molecule has 1 aromatic carbocycles. The number of benzene rings is 1. The number of hydrogen-bond acceptors (Lipinski definition) is 4. The number of likely N-dealkylation sites (tertiary alicyclic amines) is 1. The van der Waals surface area contributed by atoms with Crippen LogP contribution in [0.25, 0.3) is 0 Å². The molecular weight excluding hydrogens is 402 g/mol. The van der Waals surface area contributed by atoms with Gasteiger partial charge in [0.2, 0.25) is 0 Å². The summed E-state index contributed by atoms with van der Waals surface area (Å²) in [5.74, 6) is 0.843. The van der Waals surface area contributed by atoms with Crippen molar-refractivity contribution in [1.82, 2.24) is 10.3 Å². The number of amides is 2. The van der Waals surface area contributed by atoms with Gasteiger partial charge in [-0.2, -0.15) is 5.10 Å². The minimum Gasteiger partial charge on any atom is -0.455 e. The number of nitrogens with one attached hydrogen (secondary N) is 1. The van der Waals surface area contributed by atoms with E-state index in [9.17, 15) is 9.59 Å². The van der Waals surface area contributed by atoms with Crippen LogP contribution in [0.1, 0.15) is 76.3 Å². The van der Waals surface area contributed by atoms with Crippen molar-refractivity contribution in [3.63, 3.8) is 0 Å². The van der Waals surface area contributed by atoms with Gasteiger partial charge in [0.05, 0.1) is 5.71 Å². The molecule has 1 aliphatic heterocycles. The molecule has 2 heterocycles. The van der Waals surface area contributed by atoms with Gasteiger partial charge in [0.1, 0.15) is 5.76 Å². The molecule has 2 aliphatic rings. The van der Waals surface area contributed by atoms with E-state index in [2.05, 4.69) is 10.5 Å². The zero-order valence-corrected chi connectivity index (χ0v) is 17.9. The average molecular weight is 428 g/mol. The molecule has 1 fully saturated rings. The van der Waals surface area contributed by atoms with E-state index in [4.69, 9.17) is 16.0 Å². The summed E-state index contributed by atoms with van der Waals surface area (Å²) in [6, 6.07) is 6.73. The van der Waals surface area contributed by atoms with E-state index in [0.29, 0.717) is 16.3 Å². The Kier molecular flexibility index (Phi) is 6.23. The fraction of sp³-hybridized carbons (Fsp3) is 0.435. The second-order valence-corrected chi connectivity index (χ2v) is 8.36. The van der Waals surface area contributed by atoms with Crippen molar-refractivity contribution >= 4 is 29.1 Å². The third kappa shape index (κ3) is 4.29. The van der Waals surface area contributed by atoms with Crippen LogP contribution in [0.5, 0.6) is 0 Å². The summed E-state index contributed by atoms with van der Waals surface area (Å²) in [4.78, 5) is 27.4. The number of hydrogen-bond donors (Lipinski definition) is 1. The molecule has 1 aliphatic carbocycles. The predicted octanol–water partition coefficient (Wildman–Crippen LogP) is 4.73. The number of carbonyl (C=O) groups is 2. The van der Waals surface area contributed by atoms with Crippen LogP contribution in [-0.2, 0) is 6.42 Å². The molecule has 0 spiro atoms. The van der Waals surface area contributed by atoms with Crippen LogP contribution in [0, 0.1) is 6.92 Å². The van der Waals surface area contributed by atoms with Gasteiger partial charge in [0.25, 0.3) is 11.8 Å². The molecule has 1 aromatic heterocycles. The minimum absolute atomic E-state index is 0.0360. The summed E-state index contributed by atoms with van der Waals surface area (Å²) in [6.45, 7) is 3.47. The summed E-state index contributed by atoms with van der Waals surface area (Å²) in [6.07, 6.45) is 6.76. The van der Waals surface area contributed by atoms with Crippen LogP contribution < -0.4 is 5.43 Å². The van der Waals surface area contributed by atoms with Crippen LogP contribution >= 0.6 is 11.6 Å². The zero-order valence-electron chi connectivity index (χ0n) is 17.2. The van der Waals surface area contributed by atoms with Crippen molar-refractivity contribution < 1.29 is 14.0 Å². The number of nitrogens with zero attached hydrogens (tertiary/aromatic N) is 2. The van der Waals surface area contributed by atoms with E-state index in [-0.39, 0.29) is 11.8 Å². The summed E-state index contributed by atoms with van der Waals surface area (Å²) < 4.78 is 6.03. The highest BCUT2D eigenvalue weighted by Crippen LogP contribution is 2.31. The topological polar surface area (TPSA) is 74.9 Å². The molecule has 1 N–H and O–H groups in total. The predicted molar refractivity (Wildman–Crippen MR) is 116 cm³/mol. The van der Waals surface area contributed by atoms with Crippen LogP contribution in [-0.4, -0.2) is 35.5 Å². The van der Waals surface area contributed by atoms with Gasteiger partial charge in [-0.25, -0.2) is 5.43 Å². The number of rotatable bonds is 3. The maximum atomic E-state index is 13.1. The molecule has 0 bridgehead atoms. The van der Waals surface area contributed by atoms with Gasteiger partial charge in [-0.1, -0.05) is 30.5 Å². The second kappa shape index (κ2) is 9.04. The summed E-state index contributed by atoms with van der Waals surface area (Å²) >= 11 is 5.97. The van der Waals surface area contributed by atoms with Crippen molar-refractivity contribution in [2.75, 3.05) is 13.1 Å². The highest BCUT2D eigenvalue weighted by molar-refractivity contribution is 6.31. The number of carbonyl (C=O) groups excluding carboxylic acids is 2. The third-order valence-corrected chi connectivity index (χ3v) is 6.03. The third-order valence-electron chi connectivity index (χ3n) is 5.79. The van der Waals surface area contributed by atoms with Gasteiger partial charge in [-0.15, -0.1) is 0 Å². The number of aryl methyl sites for hydroxylation is 1. The Morgan fingerprint density at radius 1 is 1.10 bits per heavy atom. The maximum absolute atomic E-state index is 13.1. The van der Waals surface area contributed by atoms with Crippen LogP contribution in [0.3, 0.4) is 0 Å². The molecule has 158 valence electrons. The second-order valence-electron chi connectivity index (χ2n) is 7.92. The first kappa shape index (κ1) is 20.7. The fourth-order valence-corrected chi connectivity index (χ4v) is 4.40. The van der Waals surface area contributed by atoms with Crippen molar-refractivity contribution in [2.24, 2.45) is 5.10 Å². The molecule has 0 saturated carbocycles. The maximum Gasteiger partial charge on any atom is 0.289 e. The molecule has 7 heteroatoms. The lowest BCUT2D eigenvalue weighted by atomic mass is 9.93. The lowest BCUT2D eigenvalue weighted by molar-refractivity contribution is 0.0726. The first-order valence-electron chi connectivity index (χ1n) is 10.6. The lowest BCUT2D eigenvalue weighted by Crippen LogP contribution is -2.32. The Hall–Kier alpha value is -2.60. The monoisotopic (exact) mass is 427 g/mol. The molecular formula is C23H26ClN3O3. The molecule has 2 amide bonds. The molecule has 0 radical (unpaired) electrons. The molecule has 4 rings (SSSR count). The van der Waals surface area contributed by atoms with Gasteiger partial charge < -0.3 is 9.32 Å². The summed E-state index contributed by atoms with van der Waals surface area (Å²) in [5.41, 5.74) is 5.51. The largest absolute Gasteiger partial charge is 0.455 e. The van der Waals surface area contributed by atoms with Crippen LogP contribution in [0.15, 0.2) is 33.8 Å². The van der Waals surface area contributed by atoms with Gasteiger partial charge in [-0.05, 0) is 50.8 Å². The molecule has 30 heavy (non-hydrogen) atoms. The van der Waals surface area contributed by atoms with Crippen molar-refractivity contribution in [2.45, 2.75) is 51.9 Å². The first-order chi connectivity index (χ1) is 14.5. The minimum atomic E-state index is -0.320. The molecule has 6 nitrogen and oxygen atoms in total. The number of furan rings is 1. The molecule has 1 saturated heterocycles. The Morgan fingerprint density at radius 2 is 1.87 bits per heavy atom.